The molecule has 0 aliphatic carbocycles. The molecule has 2 aromatic rings. The van der Waals surface area contributed by atoms with E-state index in [1.807, 2.05) is 25.1 Å². The van der Waals surface area contributed by atoms with Crippen LogP contribution in [0.3, 0.4) is 0 Å². The van der Waals surface area contributed by atoms with Crippen molar-refractivity contribution in [3.63, 3.8) is 0 Å². The summed E-state index contributed by atoms with van der Waals surface area (Å²) in [5, 5.41) is 3.58. The van der Waals surface area contributed by atoms with E-state index in [2.05, 4.69) is 44.3 Å². The minimum atomic E-state index is 0.170. The monoisotopic (exact) mass is 341 g/mol. The predicted molar refractivity (Wildman–Crippen MR) is 100 cm³/mol. The first kappa shape index (κ1) is 17.6. The van der Waals surface area contributed by atoms with Crippen LogP contribution in [-0.2, 0) is 0 Å². The standard InChI is InChI=1S/C19H27N5O/c1-15-20-9-8-19(21-15)22-18(14-24-12-10-23(2)11-13-24)16-4-6-17(25-3)7-5-16/h4-9,18H,10-14H2,1-3H3,(H,20,21,22). The van der Waals surface area contributed by atoms with Gasteiger partial charge in [0.2, 0.25) is 0 Å². The van der Waals surface area contributed by atoms with Gasteiger partial charge >= 0.3 is 0 Å². The van der Waals surface area contributed by atoms with Gasteiger partial charge in [-0.05, 0) is 37.7 Å². The molecule has 1 unspecified atom stereocenters. The summed E-state index contributed by atoms with van der Waals surface area (Å²) >= 11 is 0. The van der Waals surface area contributed by atoms with E-state index in [0.29, 0.717) is 0 Å². The van der Waals surface area contributed by atoms with E-state index in [4.69, 9.17) is 4.74 Å². The second-order valence-electron chi connectivity index (χ2n) is 6.56. The first-order chi connectivity index (χ1) is 12.1. The molecule has 6 heteroatoms. The number of rotatable bonds is 6. The number of hydrogen-bond donors (Lipinski definition) is 1. The lowest BCUT2D eigenvalue weighted by molar-refractivity contribution is 0.149. The summed E-state index contributed by atoms with van der Waals surface area (Å²) in [6, 6.07) is 10.4. The van der Waals surface area contributed by atoms with E-state index in [0.717, 1.165) is 50.1 Å². The molecule has 3 rings (SSSR count). The Morgan fingerprint density at radius 2 is 1.84 bits per heavy atom. The van der Waals surface area contributed by atoms with E-state index in [1.54, 1.807) is 13.3 Å². The average molecular weight is 341 g/mol. The average Bonchev–Trinajstić information content (AvgIpc) is 2.63. The largest absolute Gasteiger partial charge is 0.497 e. The molecular formula is C19H27N5O. The molecule has 1 aromatic heterocycles. The minimum absolute atomic E-state index is 0.170. The van der Waals surface area contributed by atoms with Gasteiger partial charge in [-0.2, -0.15) is 0 Å². The van der Waals surface area contributed by atoms with Gasteiger partial charge in [-0.15, -0.1) is 0 Å². The second kappa shape index (κ2) is 8.27. The van der Waals surface area contributed by atoms with Crippen molar-refractivity contribution in [2.24, 2.45) is 0 Å². The number of ether oxygens (including phenoxy) is 1. The Hall–Kier alpha value is -2.18. The first-order valence-electron chi connectivity index (χ1n) is 8.75. The van der Waals surface area contributed by atoms with Gasteiger partial charge in [-0.3, -0.25) is 4.90 Å². The van der Waals surface area contributed by atoms with E-state index in [9.17, 15) is 0 Å². The summed E-state index contributed by atoms with van der Waals surface area (Å²) in [5.41, 5.74) is 1.23. The molecular weight excluding hydrogens is 314 g/mol. The fourth-order valence-corrected chi connectivity index (χ4v) is 3.07. The van der Waals surface area contributed by atoms with Gasteiger partial charge in [0.25, 0.3) is 0 Å². The Morgan fingerprint density at radius 3 is 2.48 bits per heavy atom. The normalized spacial score (nSPS) is 17.2. The zero-order valence-electron chi connectivity index (χ0n) is 15.3. The Balaban J connectivity index is 1.76. The van der Waals surface area contributed by atoms with Crippen LogP contribution in [0.1, 0.15) is 17.4 Å². The van der Waals surface area contributed by atoms with Crippen molar-refractivity contribution in [3.8, 4) is 5.75 Å². The second-order valence-corrected chi connectivity index (χ2v) is 6.56. The number of likely N-dealkylation sites (N-methyl/N-ethyl adjacent to an activating group) is 1. The van der Waals surface area contributed by atoms with Crippen molar-refractivity contribution >= 4 is 5.82 Å². The maximum Gasteiger partial charge on any atom is 0.130 e. The molecule has 1 fully saturated rings. The molecule has 0 amide bonds. The number of aromatic nitrogens is 2. The number of nitrogens with one attached hydrogen (secondary N) is 1. The lowest BCUT2D eigenvalue weighted by atomic mass is 10.1. The Labute approximate surface area is 149 Å². The molecule has 0 spiro atoms. The number of methoxy groups -OCH3 is 1. The molecule has 1 atom stereocenters. The highest BCUT2D eigenvalue weighted by atomic mass is 16.5. The van der Waals surface area contributed by atoms with Gasteiger partial charge in [0, 0.05) is 38.9 Å². The van der Waals surface area contributed by atoms with Crippen LogP contribution in [0.25, 0.3) is 0 Å². The zero-order chi connectivity index (χ0) is 17.6. The molecule has 1 saturated heterocycles. The highest BCUT2D eigenvalue weighted by Crippen LogP contribution is 2.22. The predicted octanol–water partition coefficient (Wildman–Crippen LogP) is 2.19. The summed E-state index contributed by atoms with van der Waals surface area (Å²) in [4.78, 5) is 13.6. The van der Waals surface area contributed by atoms with E-state index >= 15 is 0 Å². The number of piperazine rings is 1. The third-order valence-electron chi connectivity index (χ3n) is 4.65. The molecule has 2 heterocycles. The van der Waals surface area contributed by atoms with Gasteiger partial charge in [0.1, 0.15) is 17.4 Å². The number of aryl methyl sites for hydroxylation is 1. The van der Waals surface area contributed by atoms with Crippen LogP contribution in [0.15, 0.2) is 36.5 Å². The minimum Gasteiger partial charge on any atom is -0.497 e. The van der Waals surface area contributed by atoms with Crippen LogP contribution in [0, 0.1) is 6.92 Å². The molecule has 0 saturated carbocycles. The van der Waals surface area contributed by atoms with Gasteiger partial charge < -0.3 is 15.0 Å². The highest BCUT2D eigenvalue weighted by Gasteiger charge is 2.20. The summed E-state index contributed by atoms with van der Waals surface area (Å²) in [7, 11) is 3.87. The van der Waals surface area contributed by atoms with Gasteiger partial charge in [0.05, 0.1) is 13.2 Å². The van der Waals surface area contributed by atoms with Crippen LogP contribution in [0.5, 0.6) is 5.75 Å². The summed E-state index contributed by atoms with van der Waals surface area (Å²) in [6.45, 7) is 7.27. The van der Waals surface area contributed by atoms with Crippen molar-refractivity contribution in [1.29, 1.82) is 0 Å². The van der Waals surface area contributed by atoms with Crippen molar-refractivity contribution in [1.82, 2.24) is 19.8 Å². The number of anilines is 1. The molecule has 134 valence electrons. The van der Waals surface area contributed by atoms with Gasteiger partial charge in [-0.25, -0.2) is 9.97 Å². The van der Waals surface area contributed by atoms with Crippen molar-refractivity contribution < 1.29 is 4.74 Å². The third kappa shape index (κ3) is 4.90. The van der Waals surface area contributed by atoms with Gasteiger partial charge in [0.15, 0.2) is 0 Å². The molecule has 0 radical (unpaired) electrons. The van der Waals surface area contributed by atoms with Crippen LogP contribution in [0.2, 0.25) is 0 Å². The van der Waals surface area contributed by atoms with E-state index in [-0.39, 0.29) is 6.04 Å². The topological polar surface area (TPSA) is 53.5 Å². The SMILES string of the molecule is COc1ccc(C(CN2CCN(C)CC2)Nc2ccnc(C)n2)cc1. The zero-order valence-corrected chi connectivity index (χ0v) is 15.3. The quantitative estimate of drug-likeness (QED) is 0.869. The Kier molecular flexibility index (Phi) is 5.83. The molecule has 1 N–H and O–H groups in total. The lowest BCUT2D eigenvalue weighted by Crippen LogP contribution is -2.46. The maximum atomic E-state index is 5.29. The number of nitrogens with zero attached hydrogens (tertiary/aromatic N) is 4. The summed E-state index contributed by atoms with van der Waals surface area (Å²) < 4.78 is 5.29. The van der Waals surface area contributed by atoms with Crippen molar-refractivity contribution in [2.45, 2.75) is 13.0 Å². The smallest absolute Gasteiger partial charge is 0.130 e. The van der Waals surface area contributed by atoms with Crippen LogP contribution < -0.4 is 10.1 Å². The number of hydrogen-bond acceptors (Lipinski definition) is 6. The molecule has 6 nitrogen and oxygen atoms in total. The number of benzene rings is 1. The Bertz CT molecular complexity index is 668. The lowest BCUT2D eigenvalue weighted by Gasteiger charge is -2.35. The molecule has 0 bridgehead atoms. The van der Waals surface area contributed by atoms with Crippen molar-refractivity contribution in [2.75, 3.05) is 52.2 Å². The molecule has 1 aromatic carbocycles. The molecule has 1 aliphatic heterocycles. The molecule has 25 heavy (non-hydrogen) atoms. The van der Waals surface area contributed by atoms with Crippen molar-refractivity contribution in [3.05, 3.63) is 47.9 Å². The van der Waals surface area contributed by atoms with E-state index < -0.39 is 0 Å². The van der Waals surface area contributed by atoms with Crippen LogP contribution in [-0.4, -0.2) is 66.6 Å². The van der Waals surface area contributed by atoms with Gasteiger partial charge in [-0.1, -0.05) is 12.1 Å². The Morgan fingerprint density at radius 1 is 1.12 bits per heavy atom. The fourth-order valence-electron chi connectivity index (χ4n) is 3.07. The van der Waals surface area contributed by atoms with E-state index in [1.165, 1.54) is 5.56 Å². The summed E-state index contributed by atoms with van der Waals surface area (Å²) in [5.74, 6) is 2.51. The van der Waals surface area contributed by atoms with Crippen LogP contribution >= 0.6 is 0 Å². The van der Waals surface area contributed by atoms with Crippen LogP contribution in [0.4, 0.5) is 5.82 Å². The maximum absolute atomic E-state index is 5.29. The molecule has 1 aliphatic rings. The first-order valence-corrected chi connectivity index (χ1v) is 8.75. The highest BCUT2D eigenvalue weighted by molar-refractivity contribution is 5.39. The summed E-state index contributed by atoms with van der Waals surface area (Å²) in [6.07, 6.45) is 1.80. The third-order valence-corrected chi connectivity index (χ3v) is 4.65. The fraction of sp³-hybridized carbons (Fsp3) is 0.474.